The number of rotatable bonds is 5. The van der Waals surface area contributed by atoms with E-state index in [0.29, 0.717) is 32.1 Å². The summed E-state index contributed by atoms with van der Waals surface area (Å²) >= 11 is 0. The predicted octanol–water partition coefficient (Wildman–Crippen LogP) is 0.879. The highest BCUT2D eigenvalue weighted by Crippen LogP contribution is 2.17. The molecule has 27 heavy (non-hydrogen) atoms. The van der Waals surface area contributed by atoms with Crippen LogP contribution in [0.4, 0.5) is 0 Å². The topological polar surface area (TPSA) is 79.3 Å². The second-order valence-corrected chi connectivity index (χ2v) is 6.66. The highest BCUT2D eigenvalue weighted by atomic mass is 16.5. The van der Waals surface area contributed by atoms with Crippen molar-refractivity contribution in [3.8, 4) is 5.88 Å². The zero-order valence-corrected chi connectivity index (χ0v) is 16.2. The van der Waals surface area contributed by atoms with Gasteiger partial charge in [0.25, 0.3) is 5.91 Å². The van der Waals surface area contributed by atoms with E-state index in [4.69, 9.17) is 14.5 Å². The number of aromatic nitrogens is 1. The minimum atomic E-state index is -0.239. The molecule has 1 unspecified atom stereocenters. The number of hydrogen-bond acceptors (Lipinski definition) is 5. The van der Waals surface area contributed by atoms with Crippen LogP contribution in [0.5, 0.6) is 5.88 Å². The molecule has 1 aromatic heterocycles. The quantitative estimate of drug-likeness (QED) is 0.608. The second-order valence-electron chi connectivity index (χ2n) is 6.66. The molecular formula is C19H29N5O3. The first-order valence-electron chi connectivity index (χ1n) is 9.64. The first-order chi connectivity index (χ1) is 13.2. The van der Waals surface area contributed by atoms with Crippen LogP contribution in [0.15, 0.2) is 23.3 Å². The molecule has 0 bridgehead atoms. The number of carbonyl (C=O) groups excluding carboxylic acids is 1. The summed E-state index contributed by atoms with van der Waals surface area (Å²) in [6.45, 7) is 6.94. The van der Waals surface area contributed by atoms with Gasteiger partial charge in [0.2, 0.25) is 5.88 Å². The molecule has 2 saturated heterocycles. The Hall–Kier alpha value is -2.35. The lowest BCUT2D eigenvalue weighted by molar-refractivity contribution is -0.142. The average molecular weight is 375 g/mol. The number of hydrogen-bond donors (Lipinski definition) is 1. The summed E-state index contributed by atoms with van der Waals surface area (Å²) in [5.41, 5.74) is 0.947. The van der Waals surface area contributed by atoms with Crippen molar-refractivity contribution in [1.82, 2.24) is 20.1 Å². The van der Waals surface area contributed by atoms with Crippen LogP contribution in [0.3, 0.4) is 0 Å². The van der Waals surface area contributed by atoms with Crippen molar-refractivity contribution in [1.29, 1.82) is 0 Å². The molecular weight excluding hydrogens is 346 g/mol. The monoisotopic (exact) mass is 375 g/mol. The van der Waals surface area contributed by atoms with Gasteiger partial charge in [-0.1, -0.05) is 6.07 Å². The van der Waals surface area contributed by atoms with Crippen molar-refractivity contribution in [2.24, 2.45) is 4.99 Å². The Bertz CT molecular complexity index is 653. The summed E-state index contributed by atoms with van der Waals surface area (Å²) in [6.07, 6.45) is 3.29. The number of carbonyl (C=O) groups is 1. The second kappa shape index (κ2) is 9.55. The number of aliphatic imine (C=N–C) groups is 1. The van der Waals surface area contributed by atoms with E-state index in [2.05, 4.69) is 22.1 Å². The smallest absolute Gasteiger partial charge is 0.251 e. The van der Waals surface area contributed by atoms with E-state index in [0.717, 1.165) is 44.0 Å². The molecule has 2 fully saturated rings. The lowest BCUT2D eigenvalue weighted by Crippen LogP contribution is -2.55. The van der Waals surface area contributed by atoms with E-state index in [1.165, 1.54) is 0 Å². The summed E-state index contributed by atoms with van der Waals surface area (Å²) < 4.78 is 10.8. The van der Waals surface area contributed by atoms with Gasteiger partial charge in [-0.3, -0.25) is 4.79 Å². The minimum absolute atomic E-state index is 0.134. The van der Waals surface area contributed by atoms with Crippen LogP contribution >= 0.6 is 0 Å². The molecule has 8 heteroatoms. The number of piperazine rings is 1. The van der Waals surface area contributed by atoms with Crippen LogP contribution in [-0.2, 0) is 16.1 Å². The molecule has 1 aromatic rings. The Labute approximate surface area is 160 Å². The Balaban J connectivity index is 1.59. The summed E-state index contributed by atoms with van der Waals surface area (Å²) in [5, 5.41) is 3.35. The van der Waals surface area contributed by atoms with Gasteiger partial charge in [0.1, 0.15) is 6.10 Å². The van der Waals surface area contributed by atoms with E-state index in [1.54, 1.807) is 13.3 Å². The van der Waals surface area contributed by atoms with E-state index < -0.39 is 0 Å². The standard InChI is InChI=1S/C19H29N5O3/c1-3-20-19(22-14-15-6-4-8-21-17(15)26-2)24-11-9-23(10-12-24)18(25)16-7-5-13-27-16/h4,6,8,16H,3,5,7,9-14H2,1-2H3,(H,20,22). The van der Waals surface area contributed by atoms with Gasteiger partial charge in [-0.2, -0.15) is 0 Å². The lowest BCUT2D eigenvalue weighted by atomic mass is 10.2. The van der Waals surface area contributed by atoms with Gasteiger partial charge >= 0.3 is 0 Å². The number of amides is 1. The lowest BCUT2D eigenvalue weighted by Gasteiger charge is -2.37. The molecule has 0 aliphatic carbocycles. The molecule has 1 N–H and O–H groups in total. The van der Waals surface area contributed by atoms with Crippen LogP contribution in [0, 0.1) is 0 Å². The van der Waals surface area contributed by atoms with Crippen molar-refractivity contribution in [3.05, 3.63) is 23.9 Å². The summed E-state index contributed by atoms with van der Waals surface area (Å²) in [4.78, 5) is 25.6. The zero-order chi connectivity index (χ0) is 19.1. The molecule has 3 heterocycles. The van der Waals surface area contributed by atoms with E-state index >= 15 is 0 Å². The third-order valence-electron chi connectivity index (χ3n) is 4.87. The molecule has 2 aliphatic rings. The zero-order valence-electron chi connectivity index (χ0n) is 16.2. The van der Waals surface area contributed by atoms with Crippen molar-refractivity contribution < 1.29 is 14.3 Å². The molecule has 148 valence electrons. The summed E-state index contributed by atoms with van der Waals surface area (Å²) in [7, 11) is 1.62. The Morgan fingerprint density at radius 2 is 2.15 bits per heavy atom. The van der Waals surface area contributed by atoms with Gasteiger partial charge in [0.15, 0.2) is 5.96 Å². The minimum Gasteiger partial charge on any atom is -0.481 e. The van der Waals surface area contributed by atoms with Crippen LogP contribution in [-0.4, -0.2) is 79.2 Å². The Morgan fingerprint density at radius 3 is 2.81 bits per heavy atom. The molecule has 0 aromatic carbocycles. The Morgan fingerprint density at radius 1 is 1.37 bits per heavy atom. The van der Waals surface area contributed by atoms with Crippen molar-refractivity contribution >= 4 is 11.9 Å². The van der Waals surface area contributed by atoms with Crippen LogP contribution in [0.25, 0.3) is 0 Å². The van der Waals surface area contributed by atoms with Gasteiger partial charge in [-0.15, -0.1) is 0 Å². The first-order valence-corrected chi connectivity index (χ1v) is 9.64. The maximum atomic E-state index is 12.5. The largest absolute Gasteiger partial charge is 0.481 e. The molecule has 8 nitrogen and oxygen atoms in total. The van der Waals surface area contributed by atoms with Gasteiger partial charge in [0, 0.05) is 51.1 Å². The van der Waals surface area contributed by atoms with E-state index in [9.17, 15) is 4.79 Å². The van der Waals surface area contributed by atoms with Crippen LogP contribution in [0.2, 0.25) is 0 Å². The number of nitrogens with zero attached hydrogens (tertiary/aromatic N) is 4. The van der Waals surface area contributed by atoms with Crippen molar-refractivity contribution in [3.63, 3.8) is 0 Å². The van der Waals surface area contributed by atoms with Crippen molar-refractivity contribution in [2.75, 3.05) is 46.4 Å². The molecule has 0 saturated carbocycles. The van der Waals surface area contributed by atoms with Gasteiger partial charge < -0.3 is 24.6 Å². The highest BCUT2D eigenvalue weighted by Gasteiger charge is 2.30. The molecule has 1 atom stereocenters. The van der Waals surface area contributed by atoms with Gasteiger partial charge in [-0.25, -0.2) is 9.98 Å². The third-order valence-corrected chi connectivity index (χ3v) is 4.87. The van der Waals surface area contributed by atoms with Crippen LogP contribution < -0.4 is 10.1 Å². The molecule has 0 spiro atoms. The first kappa shape index (κ1) is 19.4. The number of guanidine groups is 1. The van der Waals surface area contributed by atoms with Gasteiger partial charge in [-0.05, 0) is 25.8 Å². The van der Waals surface area contributed by atoms with E-state index in [-0.39, 0.29) is 12.0 Å². The number of methoxy groups -OCH3 is 1. The number of nitrogens with one attached hydrogen (secondary N) is 1. The van der Waals surface area contributed by atoms with Gasteiger partial charge in [0.05, 0.1) is 13.7 Å². The number of ether oxygens (including phenoxy) is 2. The fourth-order valence-corrected chi connectivity index (χ4v) is 3.43. The molecule has 2 aliphatic heterocycles. The SMILES string of the molecule is CCNC(=NCc1cccnc1OC)N1CCN(C(=O)C2CCCO2)CC1. The highest BCUT2D eigenvalue weighted by molar-refractivity contribution is 5.82. The third kappa shape index (κ3) is 4.88. The molecule has 1 amide bonds. The maximum absolute atomic E-state index is 12.5. The number of pyridine rings is 1. The van der Waals surface area contributed by atoms with Crippen LogP contribution in [0.1, 0.15) is 25.3 Å². The normalized spacial score (nSPS) is 20.7. The fourth-order valence-electron chi connectivity index (χ4n) is 3.43. The fraction of sp³-hybridized carbons (Fsp3) is 0.632. The molecule has 3 rings (SSSR count). The molecule has 0 radical (unpaired) electrons. The Kier molecular flexibility index (Phi) is 6.86. The van der Waals surface area contributed by atoms with Crippen molar-refractivity contribution in [2.45, 2.75) is 32.4 Å². The maximum Gasteiger partial charge on any atom is 0.251 e. The van der Waals surface area contributed by atoms with E-state index in [1.807, 2.05) is 17.0 Å². The predicted molar refractivity (Wildman–Crippen MR) is 103 cm³/mol. The average Bonchev–Trinajstić information content (AvgIpc) is 3.26. The summed E-state index contributed by atoms with van der Waals surface area (Å²) in [5.74, 6) is 1.59. The summed E-state index contributed by atoms with van der Waals surface area (Å²) in [6, 6.07) is 3.85.